The van der Waals surface area contributed by atoms with Crippen LogP contribution in [0.5, 0.6) is 5.88 Å². The molecule has 3 N–H and O–H groups in total. The van der Waals surface area contributed by atoms with Gasteiger partial charge in [-0.1, -0.05) is 0 Å². The quantitative estimate of drug-likeness (QED) is 0.771. The van der Waals surface area contributed by atoms with Gasteiger partial charge in [-0.3, -0.25) is 0 Å². The lowest BCUT2D eigenvalue weighted by atomic mass is 10.4. The summed E-state index contributed by atoms with van der Waals surface area (Å²) in [5, 5.41) is 2.94. The molecule has 0 amide bonds. The van der Waals surface area contributed by atoms with Gasteiger partial charge < -0.3 is 15.8 Å². The Morgan fingerprint density at radius 1 is 1.40 bits per heavy atom. The van der Waals surface area contributed by atoms with Crippen molar-refractivity contribution in [2.24, 2.45) is 0 Å². The maximum Gasteiger partial charge on any atom is 0.239 e. The molecular formula is C12H22N4O3S. The molecule has 0 aliphatic rings. The second kappa shape index (κ2) is 6.76. The summed E-state index contributed by atoms with van der Waals surface area (Å²) in [5.74, 6) is 0.871. The van der Waals surface area contributed by atoms with Gasteiger partial charge in [-0.15, -0.1) is 0 Å². The molecule has 0 unspecified atom stereocenters. The first-order chi connectivity index (χ1) is 9.22. The summed E-state index contributed by atoms with van der Waals surface area (Å²) in [6, 6.07) is 3.36. The molecular weight excluding hydrogens is 280 g/mol. The lowest BCUT2D eigenvalue weighted by Gasteiger charge is -2.14. The number of hydrogen-bond acceptors (Lipinski definition) is 6. The highest BCUT2D eigenvalue weighted by atomic mass is 32.2. The number of nitrogen functional groups attached to an aromatic ring is 1. The molecule has 7 nitrogen and oxygen atoms in total. The first-order valence-electron chi connectivity index (χ1n) is 6.29. The summed E-state index contributed by atoms with van der Waals surface area (Å²) in [5.41, 5.74) is 6.21. The molecule has 8 heteroatoms. The smallest absolute Gasteiger partial charge is 0.239 e. The Balaban J connectivity index is 2.65. The first kappa shape index (κ1) is 16.5. The van der Waals surface area contributed by atoms with Crippen LogP contribution in [0.4, 0.5) is 11.5 Å². The molecule has 0 bridgehead atoms. The maximum atomic E-state index is 11.6. The highest BCUT2D eigenvalue weighted by Crippen LogP contribution is 2.21. The van der Waals surface area contributed by atoms with Crippen molar-refractivity contribution in [2.45, 2.75) is 20.0 Å². The number of nitrogens with one attached hydrogen (secondary N) is 1. The van der Waals surface area contributed by atoms with E-state index in [0.717, 1.165) is 0 Å². The minimum absolute atomic E-state index is 0.00751. The molecule has 1 aromatic rings. The fourth-order valence-electron chi connectivity index (χ4n) is 1.36. The predicted molar refractivity (Wildman–Crippen MR) is 80.4 cm³/mol. The van der Waals surface area contributed by atoms with E-state index in [1.54, 1.807) is 12.1 Å². The van der Waals surface area contributed by atoms with E-state index in [1.165, 1.54) is 18.4 Å². The van der Waals surface area contributed by atoms with Crippen LogP contribution in [-0.4, -0.2) is 50.2 Å². The normalized spacial score (nSPS) is 11.9. The van der Waals surface area contributed by atoms with E-state index in [4.69, 9.17) is 10.5 Å². The van der Waals surface area contributed by atoms with Crippen molar-refractivity contribution < 1.29 is 13.2 Å². The molecule has 1 rings (SSSR count). The molecule has 20 heavy (non-hydrogen) atoms. The molecule has 0 saturated carbocycles. The number of hydrogen-bond donors (Lipinski definition) is 2. The Morgan fingerprint density at radius 3 is 2.60 bits per heavy atom. The lowest BCUT2D eigenvalue weighted by Crippen LogP contribution is -2.28. The van der Waals surface area contributed by atoms with Crippen LogP contribution in [0, 0.1) is 0 Å². The summed E-state index contributed by atoms with van der Waals surface area (Å²) < 4.78 is 29.9. The van der Waals surface area contributed by atoms with Gasteiger partial charge in [0.15, 0.2) is 0 Å². The molecule has 114 valence electrons. The minimum atomic E-state index is -3.22. The molecule has 0 spiro atoms. The van der Waals surface area contributed by atoms with Gasteiger partial charge in [0.1, 0.15) is 5.82 Å². The summed E-state index contributed by atoms with van der Waals surface area (Å²) in [6.07, 6.45) is -0.0332. The number of nitrogens with zero attached hydrogens (tertiary/aromatic N) is 2. The second-order valence-electron chi connectivity index (χ2n) is 4.78. The molecule has 1 heterocycles. The van der Waals surface area contributed by atoms with Crippen LogP contribution in [0.25, 0.3) is 0 Å². The van der Waals surface area contributed by atoms with E-state index in [2.05, 4.69) is 10.3 Å². The molecule has 0 fully saturated rings. The van der Waals surface area contributed by atoms with Crippen LogP contribution in [0.1, 0.15) is 13.8 Å². The van der Waals surface area contributed by atoms with E-state index in [1.807, 2.05) is 13.8 Å². The number of ether oxygens (including phenoxy) is 1. The van der Waals surface area contributed by atoms with E-state index < -0.39 is 10.0 Å². The number of sulfonamides is 1. The Hall–Kier alpha value is -1.54. The highest BCUT2D eigenvalue weighted by Gasteiger charge is 2.13. The van der Waals surface area contributed by atoms with Gasteiger partial charge in [-0.05, 0) is 26.0 Å². The Kier molecular flexibility index (Phi) is 5.58. The van der Waals surface area contributed by atoms with Crippen LogP contribution in [0.15, 0.2) is 12.1 Å². The number of pyridine rings is 1. The summed E-state index contributed by atoms with van der Waals surface area (Å²) in [4.78, 5) is 4.21. The van der Waals surface area contributed by atoms with Crippen LogP contribution in [0.3, 0.4) is 0 Å². The predicted octanol–water partition coefficient (Wildman–Crippen LogP) is 0.754. The van der Waals surface area contributed by atoms with Crippen molar-refractivity contribution in [1.82, 2.24) is 9.29 Å². The first-order valence-corrected chi connectivity index (χ1v) is 7.90. The zero-order chi connectivity index (χ0) is 15.3. The summed E-state index contributed by atoms with van der Waals surface area (Å²) >= 11 is 0. The van der Waals surface area contributed by atoms with Crippen LogP contribution < -0.4 is 15.8 Å². The van der Waals surface area contributed by atoms with Crippen molar-refractivity contribution >= 4 is 21.5 Å². The van der Waals surface area contributed by atoms with E-state index >= 15 is 0 Å². The van der Waals surface area contributed by atoms with E-state index in [9.17, 15) is 8.42 Å². The summed E-state index contributed by atoms with van der Waals surface area (Å²) in [6.45, 7) is 4.02. The van der Waals surface area contributed by atoms with Crippen LogP contribution in [-0.2, 0) is 10.0 Å². The van der Waals surface area contributed by atoms with Crippen LogP contribution >= 0.6 is 0 Å². The topological polar surface area (TPSA) is 97.5 Å². The van der Waals surface area contributed by atoms with Gasteiger partial charge in [-0.25, -0.2) is 12.7 Å². The minimum Gasteiger partial charge on any atom is -0.473 e. The van der Waals surface area contributed by atoms with Crippen molar-refractivity contribution in [1.29, 1.82) is 0 Å². The van der Waals surface area contributed by atoms with Gasteiger partial charge in [-0.2, -0.15) is 4.98 Å². The Morgan fingerprint density at radius 2 is 2.05 bits per heavy atom. The number of rotatable bonds is 7. The third-order valence-electron chi connectivity index (χ3n) is 2.46. The largest absolute Gasteiger partial charge is 0.473 e. The molecule has 0 radical (unpaired) electrons. The SMILES string of the molecule is CC(C)Oc1nc(NCCS(=O)(=O)N(C)C)ccc1N. The molecule has 0 atom stereocenters. The fraction of sp³-hybridized carbons (Fsp3) is 0.583. The maximum absolute atomic E-state index is 11.6. The van der Waals surface area contributed by atoms with Crippen molar-refractivity contribution in [3.8, 4) is 5.88 Å². The van der Waals surface area contributed by atoms with Gasteiger partial charge in [0.2, 0.25) is 15.9 Å². The van der Waals surface area contributed by atoms with Gasteiger partial charge in [0.05, 0.1) is 17.5 Å². The number of aromatic nitrogens is 1. The monoisotopic (exact) mass is 302 g/mol. The number of anilines is 2. The average Bonchev–Trinajstić information content (AvgIpc) is 2.32. The Bertz CT molecular complexity index is 544. The number of nitrogens with two attached hydrogens (primary N) is 1. The fourth-order valence-corrected chi connectivity index (χ4v) is 2.08. The molecule has 0 aromatic carbocycles. The van der Waals surface area contributed by atoms with Crippen molar-refractivity contribution in [3.63, 3.8) is 0 Å². The van der Waals surface area contributed by atoms with Crippen molar-refractivity contribution in [3.05, 3.63) is 12.1 Å². The molecule has 0 aliphatic carbocycles. The average molecular weight is 302 g/mol. The molecule has 1 aromatic heterocycles. The lowest BCUT2D eigenvalue weighted by molar-refractivity contribution is 0.234. The highest BCUT2D eigenvalue weighted by molar-refractivity contribution is 7.89. The van der Waals surface area contributed by atoms with Crippen molar-refractivity contribution in [2.75, 3.05) is 37.4 Å². The van der Waals surface area contributed by atoms with Crippen LogP contribution in [0.2, 0.25) is 0 Å². The van der Waals surface area contributed by atoms with E-state index in [0.29, 0.717) is 17.4 Å². The third-order valence-corrected chi connectivity index (χ3v) is 4.29. The zero-order valence-corrected chi connectivity index (χ0v) is 13.1. The second-order valence-corrected chi connectivity index (χ2v) is 7.09. The molecule has 0 aliphatic heterocycles. The summed E-state index contributed by atoms with van der Waals surface area (Å²) in [7, 11) is -0.208. The third kappa shape index (κ3) is 4.86. The van der Waals surface area contributed by atoms with Gasteiger partial charge in [0, 0.05) is 20.6 Å². The van der Waals surface area contributed by atoms with Gasteiger partial charge in [0.25, 0.3) is 0 Å². The Labute approximate surface area is 120 Å². The zero-order valence-electron chi connectivity index (χ0n) is 12.3. The molecule has 0 saturated heterocycles. The van der Waals surface area contributed by atoms with E-state index in [-0.39, 0.29) is 18.4 Å². The van der Waals surface area contributed by atoms with Gasteiger partial charge >= 0.3 is 0 Å². The standard InChI is InChI=1S/C12H22N4O3S/c1-9(2)19-12-10(13)5-6-11(15-12)14-7-8-20(17,18)16(3)4/h5-6,9H,7-8,13H2,1-4H3,(H,14,15).